The van der Waals surface area contributed by atoms with E-state index in [0.717, 1.165) is 25.0 Å². The second-order valence-corrected chi connectivity index (χ2v) is 4.45. The summed E-state index contributed by atoms with van der Waals surface area (Å²) in [4.78, 5) is 11.8. The molecule has 0 aromatic heterocycles. The van der Waals surface area contributed by atoms with Gasteiger partial charge in [-0.3, -0.25) is 4.79 Å². The Labute approximate surface area is 77.3 Å². The van der Waals surface area contributed by atoms with E-state index in [9.17, 15) is 4.79 Å². The molecule has 0 aromatic rings. The van der Waals surface area contributed by atoms with Crippen molar-refractivity contribution in [3.05, 3.63) is 24.2 Å². The zero-order chi connectivity index (χ0) is 9.10. The molecule has 1 fully saturated rings. The fourth-order valence-corrected chi connectivity index (χ4v) is 3.08. The maximum Gasteiger partial charge on any atom is 0.166 e. The molecule has 0 aromatic carbocycles. The number of ether oxygens (including phenoxy) is 1. The van der Waals surface area contributed by atoms with E-state index >= 15 is 0 Å². The maximum atomic E-state index is 11.8. The highest BCUT2D eigenvalue weighted by molar-refractivity contribution is 6.00. The number of allylic oxidation sites excluding steroid dienone is 2. The van der Waals surface area contributed by atoms with E-state index in [4.69, 9.17) is 4.74 Å². The molecule has 2 aliphatic carbocycles. The van der Waals surface area contributed by atoms with Gasteiger partial charge in [0.15, 0.2) is 5.78 Å². The average molecular weight is 176 g/mol. The molecule has 0 radical (unpaired) electrons. The third kappa shape index (κ3) is 0.578. The largest absolute Gasteiger partial charge is 0.469 e. The molecule has 1 saturated carbocycles. The Kier molecular flexibility index (Phi) is 1.07. The predicted octanol–water partition coefficient (Wildman–Crippen LogP) is 2.17. The summed E-state index contributed by atoms with van der Waals surface area (Å²) in [6, 6.07) is 0. The molecular weight excluding hydrogens is 164 g/mol. The van der Waals surface area contributed by atoms with Gasteiger partial charge in [-0.15, -0.1) is 0 Å². The minimum Gasteiger partial charge on any atom is -0.469 e. The van der Waals surface area contributed by atoms with Crippen LogP contribution in [0.1, 0.15) is 26.2 Å². The van der Waals surface area contributed by atoms with Crippen LogP contribution < -0.4 is 0 Å². The Bertz CT molecular complexity index is 353. The molecule has 0 bridgehead atoms. The highest BCUT2D eigenvalue weighted by Gasteiger charge is 2.62. The lowest BCUT2D eigenvalue weighted by molar-refractivity contribution is -0.124. The van der Waals surface area contributed by atoms with Crippen LogP contribution in [0.2, 0.25) is 0 Å². The van der Waals surface area contributed by atoms with Crippen LogP contribution in [-0.2, 0) is 9.53 Å². The van der Waals surface area contributed by atoms with Gasteiger partial charge in [0.25, 0.3) is 0 Å². The average Bonchev–Trinajstić information content (AvgIpc) is 2.66. The summed E-state index contributed by atoms with van der Waals surface area (Å²) in [6.45, 7) is 2.07. The lowest BCUT2D eigenvalue weighted by Gasteiger charge is -2.31. The lowest BCUT2D eigenvalue weighted by Crippen LogP contribution is -2.34. The lowest BCUT2D eigenvalue weighted by atomic mass is 9.68. The van der Waals surface area contributed by atoms with E-state index in [1.165, 1.54) is 0 Å². The summed E-state index contributed by atoms with van der Waals surface area (Å²) in [5.74, 6) is 1.14. The zero-order valence-corrected chi connectivity index (χ0v) is 7.67. The molecule has 2 atom stereocenters. The van der Waals surface area contributed by atoms with Crippen LogP contribution in [0.15, 0.2) is 24.2 Å². The van der Waals surface area contributed by atoms with Crippen molar-refractivity contribution in [2.75, 3.05) is 0 Å². The second-order valence-electron chi connectivity index (χ2n) is 4.45. The fraction of sp³-hybridized carbons (Fsp3) is 0.545. The van der Waals surface area contributed by atoms with Crippen molar-refractivity contribution >= 4 is 5.78 Å². The van der Waals surface area contributed by atoms with Gasteiger partial charge in [0, 0.05) is 11.5 Å². The highest BCUT2D eigenvalue weighted by atomic mass is 16.5. The normalized spacial score (nSPS) is 45.9. The van der Waals surface area contributed by atoms with E-state index in [2.05, 4.69) is 13.0 Å². The quantitative estimate of drug-likeness (QED) is 0.565. The standard InChI is InChI=1S/C11H12O2/c1-10-3-2-4-11(10)5-6-13-9(11)7-8(10)12/h5-7H,2-4H2,1H3. The van der Waals surface area contributed by atoms with Crippen molar-refractivity contribution in [3.63, 3.8) is 0 Å². The number of ketones is 1. The van der Waals surface area contributed by atoms with Crippen LogP contribution in [-0.4, -0.2) is 5.78 Å². The topological polar surface area (TPSA) is 26.3 Å². The van der Waals surface area contributed by atoms with Crippen molar-refractivity contribution in [1.29, 1.82) is 0 Å². The van der Waals surface area contributed by atoms with Crippen molar-refractivity contribution in [2.24, 2.45) is 10.8 Å². The molecule has 1 heterocycles. The minimum atomic E-state index is -0.199. The van der Waals surface area contributed by atoms with Crippen LogP contribution in [0.4, 0.5) is 0 Å². The maximum absolute atomic E-state index is 11.8. The van der Waals surface area contributed by atoms with Gasteiger partial charge in [-0.05, 0) is 18.9 Å². The van der Waals surface area contributed by atoms with Gasteiger partial charge in [-0.1, -0.05) is 13.3 Å². The molecule has 0 amide bonds. The molecule has 1 spiro atoms. The van der Waals surface area contributed by atoms with Crippen LogP contribution in [0, 0.1) is 10.8 Å². The molecule has 3 rings (SSSR count). The van der Waals surface area contributed by atoms with E-state index in [1.807, 2.05) is 0 Å². The monoisotopic (exact) mass is 176 g/mol. The third-order valence-corrected chi connectivity index (χ3v) is 4.03. The predicted molar refractivity (Wildman–Crippen MR) is 47.7 cm³/mol. The minimum absolute atomic E-state index is 0.0654. The highest BCUT2D eigenvalue weighted by Crippen LogP contribution is 2.64. The molecule has 3 aliphatic rings. The summed E-state index contributed by atoms with van der Waals surface area (Å²) < 4.78 is 5.38. The first-order valence-electron chi connectivity index (χ1n) is 4.80. The van der Waals surface area contributed by atoms with Gasteiger partial charge in [-0.25, -0.2) is 0 Å². The molecule has 0 saturated heterocycles. The Hall–Kier alpha value is -1.05. The number of carbonyl (C=O) groups excluding carboxylic acids is 1. The van der Waals surface area contributed by atoms with Gasteiger partial charge in [0.05, 0.1) is 11.7 Å². The number of hydrogen-bond donors (Lipinski definition) is 0. The van der Waals surface area contributed by atoms with Crippen molar-refractivity contribution < 1.29 is 9.53 Å². The Balaban J connectivity index is 2.23. The van der Waals surface area contributed by atoms with Crippen molar-refractivity contribution in [2.45, 2.75) is 26.2 Å². The second kappa shape index (κ2) is 1.89. The van der Waals surface area contributed by atoms with E-state index in [0.29, 0.717) is 0 Å². The molecule has 1 aliphatic heterocycles. The summed E-state index contributed by atoms with van der Waals surface area (Å²) in [6.07, 6.45) is 8.71. The smallest absolute Gasteiger partial charge is 0.166 e. The van der Waals surface area contributed by atoms with Gasteiger partial charge in [0.1, 0.15) is 5.76 Å². The van der Waals surface area contributed by atoms with E-state index in [-0.39, 0.29) is 16.6 Å². The van der Waals surface area contributed by atoms with E-state index < -0.39 is 0 Å². The molecule has 2 nitrogen and oxygen atoms in total. The molecular formula is C11H12O2. The Morgan fingerprint density at radius 3 is 3.15 bits per heavy atom. The van der Waals surface area contributed by atoms with Crippen LogP contribution >= 0.6 is 0 Å². The molecule has 13 heavy (non-hydrogen) atoms. The SMILES string of the molecule is CC12CCCC13C=COC3=CC2=O. The number of hydrogen-bond acceptors (Lipinski definition) is 2. The first-order chi connectivity index (χ1) is 6.19. The molecule has 2 heteroatoms. The van der Waals surface area contributed by atoms with Crippen molar-refractivity contribution in [3.8, 4) is 0 Å². The summed E-state index contributed by atoms with van der Waals surface area (Å²) in [7, 11) is 0. The van der Waals surface area contributed by atoms with Gasteiger partial charge >= 0.3 is 0 Å². The summed E-state index contributed by atoms with van der Waals surface area (Å²) >= 11 is 0. The first kappa shape index (κ1) is 7.36. The van der Waals surface area contributed by atoms with Gasteiger partial charge in [-0.2, -0.15) is 0 Å². The fourth-order valence-electron chi connectivity index (χ4n) is 3.08. The molecule has 68 valence electrons. The van der Waals surface area contributed by atoms with Crippen LogP contribution in [0.5, 0.6) is 0 Å². The summed E-state index contributed by atoms with van der Waals surface area (Å²) in [5, 5.41) is 0. The number of rotatable bonds is 0. The Morgan fingerprint density at radius 2 is 2.31 bits per heavy atom. The van der Waals surface area contributed by atoms with Crippen molar-refractivity contribution in [1.82, 2.24) is 0 Å². The van der Waals surface area contributed by atoms with Gasteiger partial charge in [0.2, 0.25) is 0 Å². The molecule has 0 N–H and O–H groups in total. The Morgan fingerprint density at radius 1 is 1.46 bits per heavy atom. The third-order valence-electron chi connectivity index (χ3n) is 4.03. The molecule has 2 unspecified atom stereocenters. The zero-order valence-electron chi connectivity index (χ0n) is 7.67. The number of carbonyl (C=O) groups is 1. The van der Waals surface area contributed by atoms with Gasteiger partial charge < -0.3 is 4.74 Å². The van der Waals surface area contributed by atoms with Crippen LogP contribution in [0.25, 0.3) is 0 Å². The summed E-state index contributed by atoms with van der Waals surface area (Å²) in [5.41, 5.74) is -0.264. The van der Waals surface area contributed by atoms with Crippen LogP contribution in [0.3, 0.4) is 0 Å². The van der Waals surface area contributed by atoms with E-state index in [1.54, 1.807) is 12.3 Å². The first-order valence-corrected chi connectivity index (χ1v) is 4.80.